The Bertz CT molecular complexity index is 428. The van der Waals surface area contributed by atoms with Crippen LogP contribution in [0.25, 0.3) is 0 Å². The van der Waals surface area contributed by atoms with Crippen molar-refractivity contribution in [1.82, 2.24) is 0 Å². The van der Waals surface area contributed by atoms with Crippen LogP contribution < -0.4 is 0 Å². The number of esters is 1. The summed E-state index contributed by atoms with van der Waals surface area (Å²) in [4.78, 5) is 11.2. The summed E-state index contributed by atoms with van der Waals surface area (Å²) in [7, 11) is 0. The largest absolute Gasteiger partial charge is 0.463 e. The van der Waals surface area contributed by atoms with Crippen LogP contribution in [0.5, 0.6) is 0 Å². The lowest BCUT2D eigenvalue weighted by Gasteiger charge is -2.15. The molecule has 0 spiro atoms. The van der Waals surface area contributed by atoms with Gasteiger partial charge in [-0.15, -0.1) is 0 Å². The Hall–Kier alpha value is -1.65. The zero-order valence-corrected chi connectivity index (χ0v) is 12.7. The van der Waals surface area contributed by atoms with E-state index >= 15 is 0 Å². The average Bonchev–Trinajstić information content (AvgIpc) is 2.50. The van der Waals surface area contributed by atoms with Crippen LogP contribution in [0.4, 0.5) is 0 Å². The number of aliphatic hydroxyl groups excluding tert-OH is 1. The number of ether oxygens (including phenoxy) is 2. The molecule has 0 heterocycles. The van der Waals surface area contributed by atoms with E-state index in [0.717, 1.165) is 5.56 Å². The molecule has 0 fully saturated rings. The molecule has 21 heavy (non-hydrogen) atoms. The molecule has 4 nitrogen and oxygen atoms in total. The predicted molar refractivity (Wildman–Crippen MR) is 81.7 cm³/mol. The average molecular weight is 292 g/mol. The summed E-state index contributed by atoms with van der Waals surface area (Å²) in [5, 5.41) is 9.97. The van der Waals surface area contributed by atoms with Gasteiger partial charge in [0, 0.05) is 18.6 Å². The lowest BCUT2D eigenvalue weighted by molar-refractivity contribution is -0.137. The molecule has 0 aliphatic heterocycles. The van der Waals surface area contributed by atoms with Gasteiger partial charge in [0.2, 0.25) is 0 Å². The van der Waals surface area contributed by atoms with Crippen molar-refractivity contribution in [2.75, 3.05) is 13.2 Å². The van der Waals surface area contributed by atoms with Gasteiger partial charge in [0.15, 0.2) is 0 Å². The van der Waals surface area contributed by atoms with Crippen molar-refractivity contribution < 1.29 is 19.4 Å². The Balaban J connectivity index is 2.20. The topological polar surface area (TPSA) is 55.8 Å². The van der Waals surface area contributed by atoms with Crippen molar-refractivity contribution in [3.05, 3.63) is 48.0 Å². The van der Waals surface area contributed by atoms with Crippen molar-refractivity contribution >= 4 is 5.97 Å². The molecule has 0 amide bonds. The van der Waals surface area contributed by atoms with Crippen molar-refractivity contribution in [2.24, 2.45) is 5.92 Å². The molecular formula is C17H24O4. The smallest absolute Gasteiger partial charge is 0.330 e. The van der Waals surface area contributed by atoms with Crippen molar-refractivity contribution in [1.29, 1.82) is 0 Å². The highest BCUT2D eigenvalue weighted by molar-refractivity contribution is 5.81. The maximum atomic E-state index is 11.2. The number of hydrogen-bond acceptors (Lipinski definition) is 4. The van der Waals surface area contributed by atoms with Crippen molar-refractivity contribution in [3.8, 4) is 0 Å². The van der Waals surface area contributed by atoms with Crippen LogP contribution in [0.1, 0.15) is 25.8 Å². The lowest BCUT2D eigenvalue weighted by atomic mass is 10.0. The second kappa shape index (κ2) is 10.1. The van der Waals surface area contributed by atoms with E-state index < -0.39 is 6.10 Å². The first-order chi connectivity index (χ1) is 10.1. The summed E-state index contributed by atoms with van der Waals surface area (Å²) in [6, 6.07) is 9.90. The van der Waals surface area contributed by atoms with Gasteiger partial charge in [0.05, 0.1) is 19.3 Å². The minimum atomic E-state index is -0.536. The molecule has 2 atom stereocenters. The number of hydrogen-bond donors (Lipinski definition) is 1. The van der Waals surface area contributed by atoms with Gasteiger partial charge in [-0.2, -0.15) is 0 Å². The lowest BCUT2D eigenvalue weighted by Crippen LogP contribution is -2.18. The summed E-state index contributed by atoms with van der Waals surface area (Å²) >= 11 is 0. The Morgan fingerprint density at radius 1 is 1.33 bits per heavy atom. The maximum absolute atomic E-state index is 11.2. The SMILES string of the molecule is CCOC(=O)/C=C/[C@@H](C)[C@@H](O)CCOCc1ccccc1. The van der Waals surface area contributed by atoms with E-state index in [9.17, 15) is 9.90 Å². The molecule has 1 aromatic rings. The number of benzene rings is 1. The molecule has 1 rings (SSSR count). The van der Waals surface area contributed by atoms with E-state index in [1.807, 2.05) is 37.3 Å². The zero-order valence-electron chi connectivity index (χ0n) is 12.7. The highest BCUT2D eigenvalue weighted by Gasteiger charge is 2.11. The quantitative estimate of drug-likeness (QED) is 0.432. The molecule has 0 saturated carbocycles. The normalized spacial score (nSPS) is 14.0. The Morgan fingerprint density at radius 2 is 2.05 bits per heavy atom. The number of aliphatic hydroxyl groups is 1. The van der Waals surface area contributed by atoms with Crippen LogP contribution in [-0.2, 0) is 20.9 Å². The molecule has 0 unspecified atom stereocenters. The third-order valence-electron chi connectivity index (χ3n) is 3.10. The molecule has 0 saturated heterocycles. The van der Waals surface area contributed by atoms with Crippen LogP contribution in [-0.4, -0.2) is 30.4 Å². The molecule has 0 aliphatic carbocycles. The monoisotopic (exact) mass is 292 g/mol. The van der Waals surface area contributed by atoms with Gasteiger partial charge >= 0.3 is 5.97 Å². The first-order valence-electron chi connectivity index (χ1n) is 7.28. The fourth-order valence-corrected chi connectivity index (χ4v) is 1.78. The minimum absolute atomic E-state index is 0.116. The van der Waals surface area contributed by atoms with Gasteiger partial charge in [0.25, 0.3) is 0 Å². The van der Waals surface area contributed by atoms with Crippen LogP contribution in [0.2, 0.25) is 0 Å². The van der Waals surface area contributed by atoms with Gasteiger partial charge < -0.3 is 14.6 Å². The van der Waals surface area contributed by atoms with Gasteiger partial charge in [-0.25, -0.2) is 4.79 Å². The minimum Gasteiger partial charge on any atom is -0.463 e. The van der Waals surface area contributed by atoms with E-state index in [1.54, 1.807) is 13.0 Å². The van der Waals surface area contributed by atoms with Crippen LogP contribution >= 0.6 is 0 Å². The second-order valence-electron chi connectivity index (χ2n) is 4.86. The molecular weight excluding hydrogens is 268 g/mol. The number of rotatable bonds is 9. The van der Waals surface area contributed by atoms with E-state index in [2.05, 4.69) is 0 Å². The molecule has 0 radical (unpaired) electrons. The zero-order chi connectivity index (χ0) is 15.5. The summed E-state index contributed by atoms with van der Waals surface area (Å²) in [6.45, 7) is 4.99. The van der Waals surface area contributed by atoms with E-state index in [-0.39, 0.29) is 11.9 Å². The second-order valence-corrected chi connectivity index (χ2v) is 4.86. The Labute approximate surface area is 126 Å². The molecule has 0 bridgehead atoms. The van der Waals surface area contributed by atoms with Crippen LogP contribution in [0.15, 0.2) is 42.5 Å². The van der Waals surface area contributed by atoms with Crippen molar-refractivity contribution in [3.63, 3.8) is 0 Å². The molecule has 0 aliphatic rings. The fraction of sp³-hybridized carbons (Fsp3) is 0.471. The first-order valence-corrected chi connectivity index (χ1v) is 7.28. The van der Waals surface area contributed by atoms with Gasteiger partial charge in [-0.05, 0) is 18.9 Å². The third kappa shape index (κ3) is 7.63. The van der Waals surface area contributed by atoms with Crippen molar-refractivity contribution in [2.45, 2.75) is 33.0 Å². The van der Waals surface area contributed by atoms with E-state index in [4.69, 9.17) is 9.47 Å². The van der Waals surface area contributed by atoms with E-state index in [0.29, 0.717) is 26.2 Å². The van der Waals surface area contributed by atoms with Crippen LogP contribution in [0.3, 0.4) is 0 Å². The van der Waals surface area contributed by atoms with Crippen LogP contribution in [0, 0.1) is 5.92 Å². The summed E-state index contributed by atoms with van der Waals surface area (Å²) in [5.41, 5.74) is 1.11. The van der Waals surface area contributed by atoms with E-state index in [1.165, 1.54) is 6.08 Å². The molecule has 4 heteroatoms. The van der Waals surface area contributed by atoms with Gasteiger partial charge in [-0.3, -0.25) is 0 Å². The fourth-order valence-electron chi connectivity index (χ4n) is 1.78. The Morgan fingerprint density at radius 3 is 2.71 bits per heavy atom. The number of carbonyl (C=O) groups is 1. The first kappa shape index (κ1) is 17.4. The summed E-state index contributed by atoms with van der Waals surface area (Å²) in [5.74, 6) is -0.494. The standard InChI is InChI=1S/C17H24O4/c1-3-21-17(19)10-9-14(2)16(18)11-12-20-13-15-7-5-4-6-8-15/h4-10,14,16,18H,3,11-13H2,1-2H3/b10-9+/t14-,16+/m1/s1. The molecule has 116 valence electrons. The molecule has 1 N–H and O–H groups in total. The molecule has 0 aromatic heterocycles. The molecule has 1 aromatic carbocycles. The summed E-state index contributed by atoms with van der Waals surface area (Å²) in [6.07, 6.45) is 3.02. The highest BCUT2D eigenvalue weighted by atomic mass is 16.5. The Kier molecular flexibility index (Phi) is 8.40. The highest BCUT2D eigenvalue weighted by Crippen LogP contribution is 2.10. The predicted octanol–water partition coefficient (Wildman–Crippen LogP) is 2.71. The summed E-state index contributed by atoms with van der Waals surface area (Å²) < 4.78 is 10.3. The maximum Gasteiger partial charge on any atom is 0.330 e. The van der Waals surface area contributed by atoms with Gasteiger partial charge in [-0.1, -0.05) is 43.3 Å². The third-order valence-corrected chi connectivity index (χ3v) is 3.10. The number of carbonyl (C=O) groups excluding carboxylic acids is 1. The van der Waals surface area contributed by atoms with Gasteiger partial charge in [0.1, 0.15) is 0 Å².